The topological polar surface area (TPSA) is 12.5 Å². The minimum absolute atomic E-state index is 0.426. The van der Waals surface area contributed by atoms with Crippen molar-refractivity contribution in [2.75, 3.05) is 13.1 Å². The Kier molecular flexibility index (Phi) is 3.13. The second kappa shape index (κ2) is 4.19. The Morgan fingerprint density at radius 1 is 1.00 bits per heavy atom. The highest BCUT2D eigenvalue weighted by atomic mass is 16.5. The molecule has 0 aromatic heterocycles. The van der Waals surface area contributed by atoms with E-state index >= 15 is 0 Å². The molecule has 2 aliphatic rings. The van der Waals surface area contributed by atoms with Crippen molar-refractivity contribution in [1.29, 1.82) is 0 Å². The van der Waals surface area contributed by atoms with E-state index in [-0.39, 0.29) is 0 Å². The van der Waals surface area contributed by atoms with Crippen LogP contribution in [0.1, 0.15) is 40.0 Å². The summed E-state index contributed by atoms with van der Waals surface area (Å²) < 4.78 is 5.76. The molecule has 0 aromatic carbocycles. The van der Waals surface area contributed by atoms with Gasteiger partial charge in [-0.2, -0.15) is 0 Å². The van der Waals surface area contributed by atoms with E-state index < -0.39 is 0 Å². The molecule has 0 aromatic rings. The number of nitrogens with zero attached hydrogens (tertiary/aromatic N) is 1. The zero-order valence-electron chi connectivity index (χ0n) is 9.70. The van der Waals surface area contributed by atoms with E-state index in [4.69, 9.17) is 4.74 Å². The number of morpholine rings is 1. The zero-order valence-corrected chi connectivity index (χ0v) is 9.70. The number of hydrogen-bond donors (Lipinski definition) is 0. The largest absolute Gasteiger partial charge is 0.373 e. The molecule has 82 valence electrons. The summed E-state index contributed by atoms with van der Waals surface area (Å²) in [5.41, 5.74) is 0. The molecular formula is C12H23NO. The van der Waals surface area contributed by atoms with Crippen LogP contribution < -0.4 is 0 Å². The Balaban J connectivity index is 1.90. The quantitative estimate of drug-likeness (QED) is 0.639. The molecule has 0 unspecified atom stereocenters. The van der Waals surface area contributed by atoms with Crippen molar-refractivity contribution in [2.45, 2.75) is 58.3 Å². The third kappa shape index (κ3) is 2.29. The summed E-state index contributed by atoms with van der Waals surface area (Å²) in [6, 6.07) is 0.846. The van der Waals surface area contributed by atoms with Crippen molar-refractivity contribution in [3.05, 3.63) is 0 Å². The van der Waals surface area contributed by atoms with Gasteiger partial charge in [-0.05, 0) is 39.0 Å². The predicted molar refractivity (Wildman–Crippen MR) is 58.4 cm³/mol. The second-order valence-electron chi connectivity index (χ2n) is 5.28. The molecule has 2 rings (SSSR count). The fourth-order valence-electron chi connectivity index (χ4n) is 3.02. The van der Waals surface area contributed by atoms with Crippen LogP contribution in [0.25, 0.3) is 0 Å². The molecule has 0 spiro atoms. The summed E-state index contributed by atoms with van der Waals surface area (Å²) in [5.74, 6) is 0.938. The molecule has 0 radical (unpaired) electrons. The van der Waals surface area contributed by atoms with E-state index in [0.29, 0.717) is 12.2 Å². The predicted octanol–water partition coefficient (Wildman–Crippen LogP) is 2.28. The monoisotopic (exact) mass is 197 g/mol. The van der Waals surface area contributed by atoms with Crippen LogP contribution in [0.4, 0.5) is 0 Å². The number of rotatable bonds is 1. The molecule has 1 heterocycles. The van der Waals surface area contributed by atoms with Gasteiger partial charge in [0.2, 0.25) is 0 Å². The van der Waals surface area contributed by atoms with Gasteiger partial charge in [0.25, 0.3) is 0 Å². The van der Waals surface area contributed by atoms with E-state index in [1.807, 2.05) is 0 Å². The summed E-state index contributed by atoms with van der Waals surface area (Å²) in [6.45, 7) is 9.05. The maximum atomic E-state index is 5.76. The van der Waals surface area contributed by atoms with Gasteiger partial charge < -0.3 is 4.74 Å². The lowest BCUT2D eigenvalue weighted by Crippen LogP contribution is -2.49. The lowest BCUT2D eigenvalue weighted by molar-refractivity contribution is -0.0798. The molecule has 1 aliphatic carbocycles. The first-order valence-electron chi connectivity index (χ1n) is 6.04. The maximum Gasteiger partial charge on any atom is 0.0678 e. The van der Waals surface area contributed by atoms with Crippen molar-refractivity contribution < 1.29 is 4.74 Å². The van der Waals surface area contributed by atoms with Gasteiger partial charge in [0.1, 0.15) is 0 Å². The maximum absolute atomic E-state index is 5.76. The first-order valence-corrected chi connectivity index (χ1v) is 6.04. The van der Waals surface area contributed by atoms with Crippen LogP contribution in [-0.4, -0.2) is 36.2 Å². The minimum atomic E-state index is 0.426. The molecule has 2 heteroatoms. The van der Waals surface area contributed by atoms with Crippen molar-refractivity contribution in [2.24, 2.45) is 5.92 Å². The molecule has 4 atom stereocenters. The molecule has 1 saturated carbocycles. The van der Waals surface area contributed by atoms with Gasteiger partial charge in [-0.25, -0.2) is 0 Å². The van der Waals surface area contributed by atoms with Gasteiger partial charge in [-0.3, -0.25) is 4.90 Å². The smallest absolute Gasteiger partial charge is 0.0678 e. The van der Waals surface area contributed by atoms with Gasteiger partial charge in [0.15, 0.2) is 0 Å². The molecule has 2 nitrogen and oxygen atoms in total. The Morgan fingerprint density at radius 2 is 1.64 bits per heavy atom. The zero-order chi connectivity index (χ0) is 10.1. The van der Waals surface area contributed by atoms with E-state index in [1.165, 1.54) is 19.3 Å². The molecule has 0 bridgehead atoms. The summed E-state index contributed by atoms with van der Waals surface area (Å²) in [6.07, 6.45) is 5.08. The lowest BCUT2D eigenvalue weighted by atomic mass is 10.1. The van der Waals surface area contributed by atoms with Gasteiger partial charge in [-0.1, -0.05) is 6.92 Å². The summed E-state index contributed by atoms with van der Waals surface area (Å²) in [7, 11) is 0. The van der Waals surface area contributed by atoms with Crippen LogP contribution in [0, 0.1) is 5.92 Å². The third-order valence-corrected chi connectivity index (χ3v) is 3.63. The Hall–Kier alpha value is -0.0800. The second-order valence-corrected chi connectivity index (χ2v) is 5.28. The average molecular weight is 197 g/mol. The SMILES string of the molecule is C[C@H]1CC[C@@H](N2C[C@@H](C)O[C@@H](C)C2)C1. The van der Waals surface area contributed by atoms with Crippen LogP contribution in [0.15, 0.2) is 0 Å². The van der Waals surface area contributed by atoms with Crippen LogP contribution in [0.5, 0.6) is 0 Å². The Labute approximate surface area is 87.6 Å². The van der Waals surface area contributed by atoms with Gasteiger partial charge >= 0.3 is 0 Å². The van der Waals surface area contributed by atoms with E-state index in [2.05, 4.69) is 25.7 Å². The van der Waals surface area contributed by atoms with Crippen molar-refractivity contribution in [1.82, 2.24) is 4.90 Å². The first kappa shape index (κ1) is 10.4. The molecule has 1 saturated heterocycles. The summed E-state index contributed by atoms with van der Waals surface area (Å²) in [5, 5.41) is 0. The van der Waals surface area contributed by atoms with Crippen LogP contribution in [0.3, 0.4) is 0 Å². The number of hydrogen-bond acceptors (Lipinski definition) is 2. The van der Waals surface area contributed by atoms with E-state index in [0.717, 1.165) is 25.0 Å². The van der Waals surface area contributed by atoms with Crippen molar-refractivity contribution in [3.8, 4) is 0 Å². The standard InChI is InChI=1S/C12H23NO/c1-9-4-5-12(6-9)13-7-10(2)14-11(3)8-13/h9-12H,4-8H2,1-3H3/t9-,10-,11+,12+/m0/s1. The minimum Gasteiger partial charge on any atom is -0.373 e. The van der Waals surface area contributed by atoms with Crippen molar-refractivity contribution in [3.63, 3.8) is 0 Å². The fourth-order valence-corrected chi connectivity index (χ4v) is 3.02. The highest BCUT2D eigenvalue weighted by Crippen LogP contribution is 2.30. The average Bonchev–Trinajstić information content (AvgIpc) is 2.50. The van der Waals surface area contributed by atoms with Gasteiger partial charge in [0.05, 0.1) is 12.2 Å². The first-order chi connectivity index (χ1) is 6.65. The van der Waals surface area contributed by atoms with Crippen LogP contribution in [-0.2, 0) is 4.74 Å². The normalized spacial score (nSPS) is 45.6. The van der Waals surface area contributed by atoms with Gasteiger partial charge in [-0.15, -0.1) is 0 Å². The fraction of sp³-hybridized carbons (Fsp3) is 1.00. The van der Waals surface area contributed by atoms with Gasteiger partial charge in [0, 0.05) is 19.1 Å². The highest BCUT2D eigenvalue weighted by Gasteiger charge is 2.31. The molecule has 2 fully saturated rings. The Morgan fingerprint density at radius 3 is 2.14 bits per heavy atom. The molecule has 14 heavy (non-hydrogen) atoms. The molecule has 1 aliphatic heterocycles. The van der Waals surface area contributed by atoms with E-state index in [9.17, 15) is 0 Å². The van der Waals surface area contributed by atoms with E-state index in [1.54, 1.807) is 0 Å². The molecule has 0 amide bonds. The third-order valence-electron chi connectivity index (χ3n) is 3.63. The highest BCUT2D eigenvalue weighted by molar-refractivity contribution is 4.85. The molecular weight excluding hydrogens is 174 g/mol. The molecule has 0 N–H and O–H groups in total. The summed E-state index contributed by atoms with van der Waals surface area (Å²) in [4.78, 5) is 2.66. The summed E-state index contributed by atoms with van der Waals surface area (Å²) >= 11 is 0. The van der Waals surface area contributed by atoms with Crippen LogP contribution >= 0.6 is 0 Å². The van der Waals surface area contributed by atoms with Crippen LogP contribution in [0.2, 0.25) is 0 Å². The number of ether oxygens (including phenoxy) is 1. The Bertz CT molecular complexity index is 185. The van der Waals surface area contributed by atoms with Crippen molar-refractivity contribution >= 4 is 0 Å². The lowest BCUT2D eigenvalue weighted by Gasteiger charge is -2.39.